The Balaban J connectivity index is 1.67. The summed E-state index contributed by atoms with van der Waals surface area (Å²) in [5.74, 6) is 0.728. The standard InChI is InChI=1S/C23H30ClNO7/c24-18-6-3-15(23-22(29)21(28)20(27)19(13-26)32-23)12-16(18)11-14-1-4-17(5-2-14)31-10-9-30-8-7-25/h1-6,12,19-23,26-29H,7-11,13,25H2/t19-,20-,21+,22-,23+/m1/s1. The van der Waals surface area contributed by atoms with Gasteiger partial charge >= 0.3 is 0 Å². The Morgan fingerprint density at radius 3 is 2.38 bits per heavy atom. The van der Waals surface area contributed by atoms with Crippen LogP contribution in [0.1, 0.15) is 22.8 Å². The van der Waals surface area contributed by atoms with Crippen LogP contribution in [0.2, 0.25) is 5.02 Å². The molecule has 0 spiro atoms. The Hall–Kier alpha value is -1.75. The Morgan fingerprint density at radius 1 is 0.938 bits per heavy atom. The summed E-state index contributed by atoms with van der Waals surface area (Å²) < 4.78 is 16.6. The van der Waals surface area contributed by atoms with Crippen LogP contribution in [-0.4, -0.2) is 77.8 Å². The van der Waals surface area contributed by atoms with E-state index in [2.05, 4.69) is 0 Å². The normalized spacial score (nSPS) is 25.6. The van der Waals surface area contributed by atoms with E-state index < -0.39 is 37.1 Å². The van der Waals surface area contributed by atoms with Gasteiger partial charge in [0.25, 0.3) is 0 Å². The zero-order chi connectivity index (χ0) is 23.1. The molecule has 2 aromatic rings. The van der Waals surface area contributed by atoms with Crippen molar-refractivity contribution < 1.29 is 34.6 Å². The maximum atomic E-state index is 10.4. The molecule has 0 radical (unpaired) electrons. The van der Waals surface area contributed by atoms with Gasteiger partial charge in [-0.25, -0.2) is 0 Å². The van der Waals surface area contributed by atoms with Crippen LogP contribution in [-0.2, 0) is 15.9 Å². The van der Waals surface area contributed by atoms with Crippen molar-refractivity contribution in [2.75, 3.05) is 33.0 Å². The van der Waals surface area contributed by atoms with Gasteiger partial charge in [-0.05, 0) is 41.3 Å². The molecule has 0 aromatic heterocycles. The summed E-state index contributed by atoms with van der Waals surface area (Å²) >= 11 is 6.39. The van der Waals surface area contributed by atoms with Gasteiger partial charge in [-0.3, -0.25) is 0 Å². The molecular weight excluding hydrogens is 438 g/mol. The monoisotopic (exact) mass is 467 g/mol. The number of hydrogen-bond acceptors (Lipinski definition) is 8. The average molecular weight is 468 g/mol. The van der Waals surface area contributed by atoms with Gasteiger partial charge in [0.1, 0.15) is 42.9 Å². The van der Waals surface area contributed by atoms with E-state index in [1.807, 2.05) is 24.3 Å². The minimum Gasteiger partial charge on any atom is -0.491 e. The van der Waals surface area contributed by atoms with E-state index in [-0.39, 0.29) is 0 Å². The SMILES string of the molecule is NCCOCCOc1ccc(Cc2cc([C@@H]3O[C@H](CO)[C@@H](O)[C@H](O)[C@H]3O)ccc2Cl)cc1. The predicted molar refractivity (Wildman–Crippen MR) is 119 cm³/mol. The molecule has 9 heteroatoms. The summed E-state index contributed by atoms with van der Waals surface area (Å²) in [6.45, 7) is 1.42. The summed E-state index contributed by atoms with van der Waals surface area (Å²) in [7, 11) is 0. The number of nitrogens with two attached hydrogens (primary N) is 1. The Kier molecular flexibility index (Phi) is 9.27. The lowest BCUT2D eigenvalue weighted by atomic mass is 9.90. The minimum absolute atomic E-state index is 0.437. The van der Waals surface area contributed by atoms with Gasteiger partial charge < -0.3 is 40.4 Å². The summed E-state index contributed by atoms with van der Waals surface area (Å²) in [6.07, 6.45) is -5.51. The van der Waals surface area contributed by atoms with Crippen LogP contribution in [0.5, 0.6) is 5.75 Å². The first kappa shape index (κ1) is 24.9. The van der Waals surface area contributed by atoms with Crippen molar-refractivity contribution in [2.24, 2.45) is 5.73 Å². The molecule has 0 unspecified atom stereocenters. The highest BCUT2D eigenvalue weighted by atomic mass is 35.5. The van der Waals surface area contributed by atoms with Crippen molar-refractivity contribution >= 4 is 11.6 Å². The highest BCUT2D eigenvalue weighted by molar-refractivity contribution is 6.31. The Labute approximate surface area is 192 Å². The molecule has 176 valence electrons. The molecule has 3 rings (SSSR count). The average Bonchev–Trinajstić information content (AvgIpc) is 2.80. The fourth-order valence-corrected chi connectivity index (χ4v) is 3.80. The van der Waals surface area contributed by atoms with Gasteiger partial charge in [-0.2, -0.15) is 0 Å². The summed E-state index contributed by atoms with van der Waals surface area (Å²) in [4.78, 5) is 0. The zero-order valence-corrected chi connectivity index (χ0v) is 18.4. The first-order chi connectivity index (χ1) is 15.4. The molecule has 1 fully saturated rings. The Morgan fingerprint density at radius 2 is 1.69 bits per heavy atom. The van der Waals surface area contributed by atoms with Crippen LogP contribution in [0, 0.1) is 0 Å². The van der Waals surface area contributed by atoms with Gasteiger partial charge in [0.05, 0.1) is 19.8 Å². The van der Waals surface area contributed by atoms with E-state index in [4.69, 9.17) is 31.5 Å². The molecule has 8 nitrogen and oxygen atoms in total. The van der Waals surface area contributed by atoms with E-state index in [1.165, 1.54) is 0 Å². The van der Waals surface area contributed by atoms with E-state index in [0.717, 1.165) is 16.9 Å². The lowest BCUT2D eigenvalue weighted by Crippen LogP contribution is -2.55. The van der Waals surface area contributed by atoms with Crippen molar-refractivity contribution in [3.63, 3.8) is 0 Å². The molecule has 0 saturated carbocycles. The highest BCUT2D eigenvalue weighted by Gasteiger charge is 2.44. The van der Waals surface area contributed by atoms with Crippen molar-refractivity contribution in [1.82, 2.24) is 0 Å². The van der Waals surface area contributed by atoms with E-state index >= 15 is 0 Å². The van der Waals surface area contributed by atoms with E-state index in [0.29, 0.717) is 43.4 Å². The molecule has 1 aliphatic heterocycles. The van der Waals surface area contributed by atoms with Gasteiger partial charge in [0.2, 0.25) is 0 Å². The van der Waals surface area contributed by atoms with Crippen LogP contribution in [0.15, 0.2) is 42.5 Å². The molecule has 2 aromatic carbocycles. The van der Waals surface area contributed by atoms with Crippen LogP contribution < -0.4 is 10.5 Å². The molecular formula is C23H30ClNO7. The quantitative estimate of drug-likeness (QED) is 0.324. The molecule has 0 amide bonds. The summed E-state index contributed by atoms with van der Waals surface area (Å²) in [5, 5.41) is 40.4. The third-order valence-corrected chi connectivity index (χ3v) is 5.74. The van der Waals surface area contributed by atoms with Crippen molar-refractivity contribution in [1.29, 1.82) is 0 Å². The van der Waals surface area contributed by atoms with Crippen molar-refractivity contribution in [3.05, 3.63) is 64.2 Å². The minimum atomic E-state index is -1.43. The number of rotatable bonds is 10. The van der Waals surface area contributed by atoms with Crippen LogP contribution in [0.4, 0.5) is 0 Å². The van der Waals surface area contributed by atoms with E-state index in [9.17, 15) is 20.4 Å². The second-order valence-corrected chi connectivity index (χ2v) is 8.08. The van der Waals surface area contributed by atoms with Crippen molar-refractivity contribution in [3.8, 4) is 5.75 Å². The fourth-order valence-electron chi connectivity index (χ4n) is 3.61. The van der Waals surface area contributed by atoms with Gasteiger partial charge in [-0.1, -0.05) is 35.9 Å². The Bertz CT molecular complexity index is 849. The number of halogens is 1. The molecule has 1 saturated heterocycles. The largest absolute Gasteiger partial charge is 0.491 e. The lowest BCUT2D eigenvalue weighted by molar-refractivity contribution is -0.231. The topological polar surface area (TPSA) is 135 Å². The fraction of sp³-hybridized carbons (Fsp3) is 0.478. The molecule has 1 aliphatic rings. The first-order valence-corrected chi connectivity index (χ1v) is 10.9. The molecule has 6 N–H and O–H groups in total. The maximum Gasteiger partial charge on any atom is 0.119 e. The maximum absolute atomic E-state index is 10.4. The third kappa shape index (κ3) is 6.18. The van der Waals surface area contributed by atoms with E-state index in [1.54, 1.807) is 18.2 Å². The third-order valence-electron chi connectivity index (χ3n) is 5.37. The number of hydrogen-bond donors (Lipinski definition) is 5. The van der Waals surface area contributed by atoms with Crippen LogP contribution >= 0.6 is 11.6 Å². The van der Waals surface area contributed by atoms with Gasteiger partial charge in [0, 0.05) is 11.6 Å². The van der Waals surface area contributed by atoms with Crippen LogP contribution in [0.25, 0.3) is 0 Å². The smallest absolute Gasteiger partial charge is 0.119 e. The van der Waals surface area contributed by atoms with Crippen molar-refractivity contribution in [2.45, 2.75) is 36.9 Å². The predicted octanol–water partition coefficient (Wildman–Crippen LogP) is 0.800. The lowest BCUT2D eigenvalue weighted by Gasteiger charge is -2.40. The molecule has 32 heavy (non-hydrogen) atoms. The second kappa shape index (κ2) is 11.9. The number of aliphatic hydroxyl groups is 4. The van der Waals surface area contributed by atoms with Crippen LogP contribution in [0.3, 0.4) is 0 Å². The molecule has 1 heterocycles. The highest BCUT2D eigenvalue weighted by Crippen LogP contribution is 2.34. The number of benzene rings is 2. The van der Waals surface area contributed by atoms with Gasteiger partial charge in [-0.15, -0.1) is 0 Å². The summed E-state index contributed by atoms with van der Waals surface area (Å²) in [6, 6.07) is 12.8. The first-order valence-electron chi connectivity index (χ1n) is 10.5. The summed E-state index contributed by atoms with van der Waals surface area (Å²) in [5.41, 5.74) is 7.78. The molecule has 5 atom stereocenters. The van der Waals surface area contributed by atoms with Gasteiger partial charge in [0.15, 0.2) is 0 Å². The number of ether oxygens (including phenoxy) is 3. The zero-order valence-electron chi connectivity index (χ0n) is 17.6. The molecule has 0 aliphatic carbocycles. The number of aliphatic hydroxyl groups excluding tert-OH is 4. The second-order valence-electron chi connectivity index (χ2n) is 7.67. The molecule has 0 bridgehead atoms.